The minimum absolute atomic E-state index is 0.0440. The molecule has 28 heavy (non-hydrogen) atoms. The van der Waals surface area contributed by atoms with Gasteiger partial charge in [-0.15, -0.1) is 21.5 Å². The summed E-state index contributed by atoms with van der Waals surface area (Å²) < 4.78 is 33.1. The topological polar surface area (TPSA) is 96.6 Å². The van der Waals surface area contributed by atoms with Crippen molar-refractivity contribution >= 4 is 27.3 Å². The normalized spacial score (nSPS) is 19.8. The second kappa shape index (κ2) is 7.92. The lowest BCUT2D eigenvalue weighted by atomic mass is 10.0. The predicted molar refractivity (Wildman–Crippen MR) is 105 cm³/mol. The van der Waals surface area contributed by atoms with E-state index in [1.165, 1.54) is 0 Å². The molecule has 152 valence electrons. The first-order valence-corrected chi connectivity index (χ1v) is 12.0. The number of carbonyl (C=O) groups is 1. The zero-order chi connectivity index (χ0) is 19.7. The average molecular weight is 425 g/mol. The van der Waals surface area contributed by atoms with Gasteiger partial charge in [-0.2, -0.15) is 4.31 Å². The lowest BCUT2D eigenvalue weighted by Gasteiger charge is -2.28. The van der Waals surface area contributed by atoms with Crippen LogP contribution in [0.1, 0.15) is 49.7 Å². The molecule has 1 amide bonds. The highest BCUT2D eigenvalue weighted by atomic mass is 32.2. The maximum Gasteiger partial charge on any atom is 0.311 e. The molecule has 2 aliphatic heterocycles. The van der Waals surface area contributed by atoms with Gasteiger partial charge in [-0.3, -0.25) is 4.79 Å². The van der Waals surface area contributed by atoms with Crippen molar-refractivity contribution in [2.45, 2.75) is 43.2 Å². The van der Waals surface area contributed by atoms with E-state index < -0.39 is 10.0 Å². The average Bonchev–Trinajstić information content (AvgIpc) is 3.38. The first-order valence-electron chi connectivity index (χ1n) is 9.67. The summed E-state index contributed by atoms with van der Waals surface area (Å²) in [7, 11) is -3.51. The summed E-state index contributed by atoms with van der Waals surface area (Å²) in [6, 6.07) is 1.56. The van der Waals surface area contributed by atoms with Gasteiger partial charge in [-0.05, 0) is 44.1 Å². The molecule has 2 fully saturated rings. The summed E-state index contributed by atoms with van der Waals surface area (Å²) in [4.78, 5) is 14.2. The van der Waals surface area contributed by atoms with E-state index in [-0.39, 0.29) is 21.9 Å². The van der Waals surface area contributed by atoms with Gasteiger partial charge >= 0.3 is 11.8 Å². The van der Waals surface area contributed by atoms with Crippen LogP contribution in [0, 0.1) is 5.92 Å². The third-order valence-electron chi connectivity index (χ3n) is 5.41. The van der Waals surface area contributed by atoms with E-state index in [1.807, 2.05) is 0 Å². The SMILES string of the molecule is CC1CCN(S(=O)(=O)c2cc(-c3nnc(C(=O)N4CCCCC4)o3)cs2)CC1. The van der Waals surface area contributed by atoms with Crippen molar-refractivity contribution in [3.05, 3.63) is 17.3 Å². The van der Waals surface area contributed by atoms with E-state index in [9.17, 15) is 13.2 Å². The predicted octanol–water partition coefficient (Wildman–Crippen LogP) is 2.84. The summed E-state index contributed by atoms with van der Waals surface area (Å²) in [5, 5.41) is 9.51. The highest BCUT2D eigenvalue weighted by Crippen LogP contribution is 2.31. The van der Waals surface area contributed by atoms with E-state index in [1.54, 1.807) is 20.7 Å². The van der Waals surface area contributed by atoms with Crippen LogP contribution in [0.2, 0.25) is 0 Å². The van der Waals surface area contributed by atoms with Crippen LogP contribution in [0.25, 0.3) is 11.5 Å². The molecule has 2 aliphatic rings. The van der Waals surface area contributed by atoms with Gasteiger partial charge in [0.25, 0.3) is 10.0 Å². The molecule has 4 rings (SSSR count). The largest absolute Gasteiger partial charge is 0.412 e. The first kappa shape index (κ1) is 19.5. The van der Waals surface area contributed by atoms with Gasteiger partial charge in [0.05, 0.1) is 5.56 Å². The molecule has 10 heteroatoms. The highest BCUT2D eigenvalue weighted by molar-refractivity contribution is 7.91. The number of likely N-dealkylation sites (tertiary alicyclic amines) is 1. The molecular formula is C18H24N4O4S2. The Balaban J connectivity index is 1.50. The highest BCUT2D eigenvalue weighted by Gasteiger charge is 2.30. The van der Waals surface area contributed by atoms with E-state index in [2.05, 4.69) is 17.1 Å². The van der Waals surface area contributed by atoms with Crippen molar-refractivity contribution in [1.29, 1.82) is 0 Å². The van der Waals surface area contributed by atoms with Gasteiger partial charge in [0.2, 0.25) is 5.89 Å². The van der Waals surface area contributed by atoms with Crippen LogP contribution in [-0.2, 0) is 10.0 Å². The van der Waals surface area contributed by atoms with Crippen LogP contribution in [0.4, 0.5) is 0 Å². The molecular weight excluding hydrogens is 400 g/mol. The molecule has 2 saturated heterocycles. The zero-order valence-corrected chi connectivity index (χ0v) is 17.5. The van der Waals surface area contributed by atoms with Gasteiger partial charge < -0.3 is 9.32 Å². The summed E-state index contributed by atoms with van der Waals surface area (Å²) in [6.07, 6.45) is 4.84. The molecule has 0 aromatic carbocycles. The number of rotatable bonds is 4. The number of hydrogen-bond acceptors (Lipinski definition) is 7. The number of aromatic nitrogens is 2. The molecule has 2 aromatic rings. The fraction of sp³-hybridized carbons (Fsp3) is 0.611. The molecule has 0 radical (unpaired) electrons. The maximum atomic E-state index is 12.9. The molecule has 2 aromatic heterocycles. The molecule has 0 unspecified atom stereocenters. The van der Waals surface area contributed by atoms with Crippen molar-refractivity contribution in [3.8, 4) is 11.5 Å². The molecule has 0 atom stereocenters. The minimum atomic E-state index is -3.51. The molecule has 0 N–H and O–H groups in total. The first-order chi connectivity index (χ1) is 13.4. The third-order valence-corrected chi connectivity index (χ3v) is 8.72. The van der Waals surface area contributed by atoms with E-state index >= 15 is 0 Å². The van der Waals surface area contributed by atoms with Crippen molar-refractivity contribution in [2.75, 3.05) is 26.2 Å². The molecule has 0 spiro atoms. The summed E-state index contributed by atoms with van der Waals surface area (Å²) in [6.45, 7) is 4.64. The fourth-order valence-corrected chi connectivity index (χ4v) is 6.35. The Morgan fingerprint density at radius 2 is 1.86 bits per heavy atom. The third kappa shape index (κ3) is 3.85. The molecule has 0 bridgehead atoms. The number of nitrogens with zero attached hydrogens (tertiary/aromatic N) is 4. The van der Waals surface area contributed by atoms with Crippen molar-refractivity contribution in [1.82, 2.24) is 19.4 Å². The molecule has 8 nitrogen and oxygen atoms in total. The van der Waals surface area contributed by atoms with E-state index in [0.29, 0.717) is 37.7 Å². The quantitative estimate of drug-likeness (QED) is 0.749. The monoisotopic (exact) mass is 424 g/mol. The van der Waals surface area contributed by atoms with Gasteiger partial charge in [0, 0.05) is 31.6 Å². The summed E-state index contributed by atoms with van der Waals surface area (Å²) in [5.74, 6) is 0.423. The van der Waals surface area contributed by atoms with Crippen LogP contribution < -0.4 is 0 Å². The lowest BCUT2D eigenvalue weighted by molar-refractivity contribution is 0.0684. The van der Waals surface area contributed by atoms with Crippen molar-refractivity contribution in [2.24, 2.45) is 5.92 Å². The van der Waals surface area contributed by atoms with Crippen molar-refractivity contribution < 1.29 is 17.6 Å². The summed E-state index contributed by atoms with van der Waals surface area (Å²) >= 11 is 1.14. The molecule has 0 saturated carbocycles. The van der Waals surface area contributed by atoms with Gasteiger partial charge in [-0.1, -0.05) is 6.92 Å². The standard InChI is InChI=1S/C18H24N4O4S2/c1-13-5-9-22(10-6-13)28(24,25)15-11-14(12-27-15)16-19-20-17(26-16)18(23)21-7-3-2-4-8-21/h11-13H,2-10H2,1H3. The Kier molecular flexibility index (Phi) is 5.52. The second-order valence-electron chi connectivity index (χ2n) is 7.51. The Bertz CT molecular complexity index is 938. The Morgan fingerprint density at radius 1 is 1.14 bits per heavy atom. The maximum absolute atomic E-state index is 12.9. The minimum Gasteiger partial charge on any atom is -0.412 e. The van der Waals surface area contributed by atoms with E-state index in [4.69, 9.17) is 4.42 Å². The number of amides is 1. The van der Waals surface area contributed by atoms with Gasteiger partial charge in [0.15, 0.2) is 0 Å². The van der Waals surface area contributed by atoms with Crippen LogP contribution >= 0.6 is 11.3 Å². The molecule has 4 heterocycles. The van der Waals surface area contributed by atoms with Gasteiger partial charge in [-0.25, -0.2) is 8.42 Å². The van der Waals surface area contributed by atoms with Gasteiger partial charge in [0.1, 0.15) is 4.21 Å². The number of thiophene rings is 1. The Morgan fingerprint density at radius 3 is 2.57 bits per heavy atom. The number of hydrogen-bond donors (Lipinski definition) is 0. The number of sulfonamides is 1. The van der Waals surface area contributed by atoms with Crippen LogP contribution in [0.15, 0.2) is 20.1 Å². The lowest BCUT2D eigenvalue weighted by Crippen LogP contribution is -2.37. The fourth-order valence-electron chi connectivity index (χ4n) is 3.58. The van der Waals surface area contributed by atoms with Crippen LogP contribution in [0.3, 0.4) is 0 Å². The molecule has 0 aliphatic carbocycles. The Hall–Kier alpha value is -1.78. The number of carbonyl (C=O) groups excluding carboxylic acids is 1. The summed E-state index contributed by atoms with van der Waals surface area (Å²) in [5.41, 5.74) is 0.527. The van der Waals surface area contributed by atoms with Crippen LogP contribution in [-0.4, -0.2) is 59.9 Å². The Labute approximate surface area is 168 Å². The van der Waals surface area contributed by atoms with Crippen LogP contribution in [0.5, 0.6) is 0 Å². The smallest absolute Gasteiger partial charge is 0.311 e. The second-order valence-corrected chi connectivity index (χ2v) is 10.6. The zero-order valence-electron chi connectivity index (χ0n) is 15.8. The van der Waals surface area contributed by atoms with E-state index in [0.717, 1.165) is 43.4 Å². The van der Waals surface area contributed by atoms with Crippen molar-refractivity contribution in [3.63, 3.8) is 0 Å². The number of piperidine rings is 2.